The van der Waals surface area contributed by atoms with Gasteiger partial charge in [0.05, 0.1) is 11.4 Å². The van der Waals surface area contributed by atoms with Gasteiger partial charge < -0.3 is 16.8 Å². The Morgan fingerprint density at radius 3 is 2.50 bits per heavy atom. The minimum Gasteiger partial charge on any atom is -0.383 e. The summed E-state index contributed by atoms with van der Waals surface area (Å²) in [4.78, 5) is 0. The van der Waals surface area contributed by atoms with Gasteiger partial charge in [-0.15, -0.1) is 0 Å². The van der Waals surface area contributed by atoms with Gasteiger partial charge >= 0.3 is 0 Å². The van der Waals surface area contributed by atoms with E-state index in [9.17, 15) is 5.11 Å². The number of hydrogen-bond acceptors (Lipinski definition) is 5. The summed E-state index contributed by atoms with van der Waals surface area (Å²) in [5, 5.41) is 19.4. The third kappa shape index (κ3) is 2.12. The highest BCUT2D eigenvalue weighted by atomic mass is 16.3. The molecule has 0 amide bonds. The number of hydrazone groups is 2. The Balaban J connectivity index is 1.68. The highest BCUT2D eigenvalue weighted by Gasteiger charge is 2.64. The maximum absolute atomic E-state index is 11.5. The van der Waals surface area contributed by atoms with Crippen LogP contribution in [0, 0.1) is 28.6 Å². The zero-order valence-corrected chi connectivity index (χ0v) is 16.5. The van der Waals surface area contributed by atoms with Gasteiger partial charge in [0.15, 0.2) is 0 Å². The Kier molecular flexibility index (Phi) is 4.03. The fourth-order valence-electron chi connectivity index (χ4n) is 7.39. The normalized spacial score (nSPS) is 50.0. The van der Waals surface area contributed by atoms with Crippen LogP contribution in [0.25, 0.3) is 0 Å². The zero-order valence-electron chi connectivity index (χ0n) is 16.5. The lowest BCUT2D eigenvalue weighted by molar-refractivity contribution is -0.0945. The molecule has 0 aromatic rings. The molecule has 0 bridgehead atoms. The maximum Gasteiger partial charge on any atom is 0.110 e. The van der Waals surface area contributed by atoms with Crippen molar-refractivity contribution in [3.8, 4) is 0 Å². The summed E-state index contributed by atoms with van der Waals surface area (Å²) < 4.78 is 0. The number of nitrogens with two attached hydrogens (primary N) is 2. The first-order valence-corrected chi connectivity index (χ1v) is 10.3. The van der Waals surface area contributed by atoms with Crippen LogP contribution in [0.4, 0.5) is 0 Å². The molecule has 0 saturated heterocycles. The zero-order chi connectivity index (χ0) is 18.7. The van der Waals surface area contributed by atoms with Crippen molar-refractivity contribution in [3.05, 3.63) is 11.6 Å². The number of allylic oxidation sites excluding steroid dienone is 2. The second-order valence-corrected chi connectivity index (χ2v) is 9.69. The number of fused-ring (bicyclic) bond motifs is 5. The number of rotatable bonds is 1. The van der Waals surface area contributed by atoms with Crippen LogP contribution in [0.2, 0.25) is 0 Å². The van der Waals surface area contributed by atoms with E-state index in [0.29, 0.717) is 23.5 Å². The molecule has 5 N–H and O–H groups in total. The molecule has 5 heteroatoms. The Labute approximate surface area is 157 Å². The van der Waals surface area contributed by atoms with Crippen LogP contribution in [0.5, 0.6) is 0 Å². The van der Waals surface area contributed by atoms with Gasteiger partial charge in [0.2, 0.25) is 0 Å². The van der Waals surface area contributed by atoms with Crippen LogP contribution in [0.3, 0.4) is 0 Å². The van der Waals surface area contributed by atoms with Crippen LogP contribution in [0.1, 0.15) is 72.1 Å². The molecule has 0 aromatic carbocycles. The fraction of sp³-hybridized carbons (Fsp3) is 0.810. The standard InChI is InChI=1S/C21H34N4O/c1-13(24-22)21(26)11-8-18-16-5-4-14-12-15(25-23)6-9-19(14,2)17(16)7-10-20(18,21)3/h12,16-18,26H,4-11,22-23H2,1-3H3/b24-13-,25-15+/t16-,17+,18+,19-,20-,21+/m0/s1. The van der Waals surface area contributed by atoms with E-state index in [-0.39, 0.29) is 10.8 Å². The molecule has 0 spiro atoms. The molecular weight excluding hydrogens is 324 g/mol. The van der Waals surface area contributed by atoms with Gasteiger partial charge in [0.25, 0.3) is 0 Å². The lowest BCUT2D eigenvalue weighted by Gasteiger charge is -2.59. The first kappa shape index (κ1) is 18.0. The molecule has 6 atom stereocenters. The van der Waals surface area contributed by atoms with E-state index in [4.69, 9.17) is 11.7 Å². The van der Waals surface area contributed by atoms with E-state index in [1.807, 2.05) is 6.92 Å². The maximum atomic E-state index is 11.5. The highest BCUT2D eigenvalue weighted by molar-refractivity contribution is 5.96. The SMILES string of the molecule is C/C(=N/N)[C@]1(O)CC[C@@H]2[C@H]3CCC4=C/C(=N/N)CC[C@]4(C)[C@@H]3CC[C@@]21C. The molecule has 3 saturated carbocycles. The molecule has 26 heavy (non-hydrogen) atoms. The minimum absolute atomic E-state index is 0.1000. The molecule has 5 nitrogen and oxygen atoms in total. The van der Waals surface area contributed by atoms with Crippen LogP contribution < -0.4 is 11.7 Å². The first-order valence-electron chi connectivity index (χ1n) is 10.3. The van der Waals surface area contributed by atoms with Crippen molar-refractivity contribution in [1.82, 2.24) is 0 Å². The van der Waals surface area contributed by atoms with E-state index in [0.717, 1.165) is 44.2 Å². The summed E-state index contributed by atoms with van der Waals surface area (Å²) in [5.41, 5.74) is 2.67. The molecule has 0 aliphatic heterocycles. The highest BCUT2D eigenvalue weighted by Crippen LogP contribution is 2.67. The second-order valence-electron chi connectivity index (χ2n) is 9.69. The smallest absolute Gasteiger partial charge is 0.110 e. The summed E-state index contributed by atoms with van der Waals surface area (Å²) in [7, 11) is 0. The van der Waals surface area contributed by atoms with Gasteiger partial charge in [0, 0.05) is 5.41 Å². The third-order valence-electron chi connectivity index (χ3n) is 9.09. The summed E-state index contributed by atoms with van der Waals surface area (Å²) in [6.07, 6.45) is 10.9. The average Bonchev–Trinajstić information content (AvgIpc) is 2.92. The fourth-order valence-corrected chi connectivity index (χ4v) is 7.39. The van der Waals surface area contributed by atoms with E-state index in [1.165, 1.54) is 12.8 Å². The molecule has 144 valence electrons. The molecule has 4 rings (SSSR count). The summed E-state index contributed by atoms with van der Waals surface area (Å²) in [6.45, 7) is 6.67. The average molecular weight is 359 g/mol. The van der Waals surface area contributed by atoms with Crippen LogP contribution in [-0.2, 0) is 0 Å². The van der Waals surface area contributed by atoms with Crippen molar-refractivity contribution >= 4 is 11.4 Å². The molecule has 3 fully saturated rings. The summed E-state index contributed by atoms with van der Waals surface area (Å²) in [5.74, 6) is 13.1. The monoisotopic (exact) mass is 358 g/mol. The molecule has 0 aromatic heterocycles. The van der Waals surface area contributed by atoms with Crippen LogP contribution in [-0.4, -0.2) is 22.1 Å². The predicted molar refractivity (Wildman–Crippen MR) is 106 cm³/mol. The largest absolute Gasteiger partial charge is 0.383 e. The predicted octanol–water partition coefficient (Wildman–Crippen LogP) is 3.33. The van der Waals surface area contributed by atoms with Gasteiger partial charge in [-0.3, -0.25) is 0 Å². The van der Waals surface area contributed by atoms with Crippen LogP contribution in [0.15, 0.2) is 21.9 Å². The Morgan fingerprint density at radius 2 is 1.81 bits per heavy atom. The topological polar surface area (TPSA) is 97.0 Å². The first-order chi connectivity index (χ1) is 12.3. The summed E-state index contributed by atoms with van der Waals surface area (Å²) in [6, 6.07) is 0. The molecular formula is C21H34N4O. The number of aliphatic hydroxyl groups is 1. The Morgan fingerprint density at radius 1 is 1.08 bits per heavy atom. The van der Waals surface area contributed by atoms with Crippen molar-refractivity contribution in [2.45, 2.75) is 77.7 Å². The van der Waals surface area contributed by atoms with Gasteiger partial charge in [-0.05, 0) is 87.5 Å². The number of nitrogens with zero attached hydrogens (tertiary/aromatic N) is 2. The molecule has 0 radical (unpaired) electrons. The molecule has 4 aliphatic rings. The van der Waals surface area contributed by atoms with Crippen molar-refractivity contribution in [2.75, 3.05) is 0 Å². The Bertz CT molecular complexity index is 698. The van der Waals surface area contributed by atoms with Gasteiger partial charge in [-0.2, -0.15) is 10.2 Å². The van der Waals surface area contributed by atoms with Crippen molar-refractivity contribution in [1.29, 1.82) is 0 Å². The van der Waals surface area contributed by atoms with Crippen molar-refractivity contribution in [2.24, 2.45) is 50.5 Å². The lowest BCUT2D eigenvalue weighted by atomic mass is 9.46. The lowest BCUT2D eigenvalue weighted by Crippen LogP contribution is -2.57. The van der Waals surface area contributed by atoms with E-state index in [2.05, 4.69) is 30.1 Å². The quantitative estimate of drug-likeness (QED) is 0.381. The second kappa shape index (κ2) is 5.82. The minimum atomic E-state index is -0.833. The van der Waals surface area contributed by atoms with Gasteiger partial charge in [-0.25, -0.2) is 0 Å². The molecule has 0 heterocycles. The number of hydrogen-bond donors (Lipinski definition) is 3. The third-order valence-corrected chi connectivity index (χ3v) is 9.09. The van der Waals surface area contributed by atoms with Gasteiger partial charge in [-0.1, -0.05) is 19.4 Å². The summed E-state index contributed by atoms with van der Waals surface area (Å²) >= 11 is 0. The van der Waals surface area contributed by atoms with Gasteiger partial charge in [0.1, 0.15) is 5.60 Å². The van der Waals surface area contributed by atoms with E-state index >= 15 is 0 Å². The van der Waals surface area contributed by atoms with E-state index < -0.39 is 5.60 Å². The van der Waals surface area contributed by atoms with Crippen molar-refractivity contribution < 1.29 is 5.11 Å². The van der Waals surface area contributed by atoms with Crippen molar-refractivity contribution in [3.63, 3.8) is 0 Å². The molecule has 4 aliphatic carbocycles. The van der Waals surface area contributed by atoms with E-state index in [1.54, 1.807) is 5.57 Å². The molecule has 0 unspecified atom stereocenters. The van der Waals surface area contributed by atoms with Crippen LogP contribution >= 0.6 is 0 Å². The Hall–Kier alpha value is -1.36.